The van der Waals surface area contributed by atoms with Crippen molar-refractivity contribution in [1.82, 2.24) is 0 Å². The van der Waals surface area contributed by atoms with Gasteiger partial charge in [0.25, 0.3) is 0 Å². The normalized spacial score (nSPS) is 12.1. The van der Waals surface area contributed by atoms with Crippen LogP contribution in [-0.2, 0) is 5.75 Å². The topological polar surface area (TPSA) is 0 Å². The van der Waals surface area contributed by atoms with Gasteiger partial charge < -0.3 is 0 Å². The van der Waals surface area contributed by atoms with Crippen molar-refractivity contribution in [2.75, 3.05) is 0 Å². The van der Waals surface area contributed by atoms with Crippen LogP contribution in [-0.4, -0.2) is 0 Å². The first-order valence-corrected chi connectivity index (χ1v) is 5.40. The Bertz CT molecular complexity index is 433. The van der Waals surface area contributed by atoms with E-state index in [9.17, 15) is 0 Å². The second-order valence-corrected chi connectivity index (χ2v) is 3.85. The molecule has 0 atom stereocenters. The predicted molar refractivity (Wildman–Crippen MR) is 60.8 cm³/mol. The van der Waals surface area contributed by atoms with Gasteiger partial charge in [0.1, 0.15) is 0 Å². The van der Waals surface area contributed by atoms with Crippen LogP contribution in [0.1, 0.15) is 5.56 Å². The van der Waals surface area contributed by atoms with E-state index in [4.69, 9.17) is 0 Å². The standard InChI is InChI=1S/C13H9S.Li/c1-3-7-12(8-4-1)11-14-13-9-5-2-6-10-13;/h1-5,7,9H,11H2;/q-1;+1. The molecule has 2 rings (SSSR count). The van der Waals surface area contributed by atoms with Crippen LogP contribution < -0.4 is 18.9 Å². The maximum absolute atomic E-state index is 3.19. The van der Waals surface area contributed by atoms with E-state index in [1.54, 1.807) is 11.8 Å². The van der Waals surface area contributed by atoms with Gasteiger partial charge >= 0.3 is 18.9 Å². The van der Waals surface area contributed by atoms with Crippen molar-refractivity contribution in [3.63, 3.8) is 0 Å². The van der Waals surface area contributed by atoms with Crippen LogP contribution in [0.4, 0.5) is 0 Å². The zero-order valence-corrected chi connectivity index (χ0v) is 9.47. The van der Waals surface area contributed by atoms with E-state index in [0.717, 1.165) is 10.7 Å². The van der Waals surface area contributed by atoms with Crippen molar-refractivity contribution in [2.24, 2.45) is 0 Å². The van der Waals surface area contributed by atoms with Crippen LogP contribution in [0, 0.1) is 6.07 Å². The largest absolute Gasteiger partial charge is 1.00 e. The molecule has 0 unspecified atom stereocenters. The molecule has 0 nitrogen and oxygen atoms in total. The number of thioether (sulfide) groups is 1. The first kappa shape index (κ1) is 12.3. The number of allylic oxidation sites excluding steroid dienone is 3. The third-order valence-corrected chi connectivity index (χ3v) is 2.78. The molecule has 0 saturated heterocycles. The maximum atomic E-state index is 3.19. The van der Waals surface area contributed by atoms with E-state index in [2.05, 4.69) is 23.6 Å². The molecule has 0 fully saturated rings. The van der Waals surface area contributed by atoms with E-state index in [1.165, 1.54) is 5.56 Å². The summed E-state index contributed by atoms with van der Waals surface area (Å²) in [7, 11) is 0. The van der Waals surface area contributed by atoms with Gasteiger partial charge in [-0.2, -0.15) is 35.9 Å². The Morgan fingerprint density at radius 1 is 1.33 bits per heavy atom. The van der Waals surface area contributed by atoms with Gasteiger partial charge in [-0.05, 0) is 12.2 Å². The zero-order valence-electron chi connectivity index (χ0n) is 8.66. The Hall–Kier alpha value is -0.793. The van der Waals surface area contributed by atoms with Crippen molar-refractivity contribution < 1.29 is 18.9 Å². The molecule has 1 aliphatic carbocycles. The summed E-state index contributed by atoms with van der Waals surface area (Å²) in [5.41, 5.74) is 7.22. The predicted octanol–water partition coefficient (Wildman–Crippen LogP) is 0.488. The average Bonchev–Trinajstić information content (AvgIpc) is 2.29. The Morgan fingerprint density at radius 2 is 2.27 bits per heavy atom. The van der Waals surface area contributed by atoms with Crippen molar-refractivity contribution in [3.8, 4) is 0 Å². The van der Waals surface area contributed by atoms with Gasteiger partial charge in [-0.15, -0.1) is 11.8 Å². The minimum Gasteiger partial charge on any atom is -0.180 e. The summed E-state index contributed by atoms with van der Waals surface area (Å²) in [5, 5.41) is 0. The second kappa shape index (κ2) is 6.65. The Balaban J connectivity index is 0.00000112. The summed E-state index contributed by atoms with van der Waals surface area (Å²) in [4.78, 5) is 1.13. The molecule has 0 heterocycles. The molecule has 0 aromatic heterocycles. The van der Waals surface area contributed by atoms with Crippen molar-refractivity contribution in [2.45, 2.75) is 5.75 Å². The second-order valence-electron chi connectivity index (χ2n) is 2.84. The van der Waals surface area contributed by atoms with Gasteiger partial charge in [0.2, 0.25) is 0 Å². The van der Waals surface area contributed by atoms with Crippen LogP contribution >= 0.6 is 11.8 Å². The van der Waals surface area contributed by atoms with E-state index in [1.807, 2.05) is 36.4 Å². The monoisotopic (exact) mass is 204 g/mol. The number of rotatable bonds is 3. The third-order valence-electron chi connectivity index (χ3n) is 1.78. The van der Waals surface area contributed by atoms with Crippen molar-refractivity contribution >= 4 is 11.8 Å². The Kier molecular flexibility index (Phi) is 5.44. The molecule has 68 valence electrons. The molecule has 15 heavy (non-hydrogen) atoms. The van der Waals surface area contributed by atoms with Crippen LogP contribution in [0.25, 0.3) is 0 Å². The Morgan fingerprint density at radius 3 is 2.93 bits per heavy atom. The maximum Gasteiger partial charge on any atom is 1.00 e. The summed E-state index contributed by atoms with van der Waals surface area (Å²) < 4.78 is 0. The summed E-state index contributed by atoms with van der Waals surface area (Å²) in [5.74, 6) is 0.940. The minimum atomic E-state index is 0. The molecule has 0 amide bonds. The molecule has 0 aliphatic heterocycles. The number of benzene rings is 1. The van der Waals surface area contributed by atoms with Gasteiger partial charge in [-0.3, -0.25) is 0 Å². The summed E-state index contributed by atoms with van der Waals surface area (Å²) in [6.07, 6.45) is 5.89. The van der Waals surface area contributed by atoms with Gasteiger partial charge in [0.05, 0.1) is 4.91 Å². The number of hydrogen-bond acceptors (Lipinski definition) is 1. The molecule has 0 saturated carbocycles. The molecule has 0 radical (unpaired) electrons. The first-order chi connectivity index (χ1) is 6.95. The molecule has 0 N–H and O–H groups in total. The van der Waals surface area contributed by atoms with Crippen molar-refractivity contribution in [3.05, 3.63) is 70.5 Å². The van der Waals surface area contributed by atoms with Gasteiger partial charge in [0, 0.05) is 5.75 Å². The first-order valence-electron chi connectivity index (χ1n) is 4.42. The summed E-state index contributed by atoms with van der Waals surface area (Å²) in [6, 6.07) is 11.2. The fraction of sp³-hybridized carbons (Fsp3) is 0.0769. The molecule has 1 aromatic rings. The molecular formula is C13H9LiS. The molecule has 0 spiro atoms. The number of hydrogen-bond donors (Lipinski definition) is 0. The van der Waals surface area contributed by atoms with Crippen molar-refractivity contribution in [1.29, 1.82) is 0 Å². The van der Waals surface area contributed by atoms with Gasteiger partial charge in [0.15, 0.2) is 0 Å². The minimum absolute atomic E-state index is 0. The molecule has 1 aliphatic rings. The molecule has 2 heteroatoms. The smallest absolute Gasteiger partial charge is 0.180 e. The fourth-order valence-electron chi connectivity index (χ4n) is 1.10. The van der Waals surface area contributed by atoms with E-state index in [-0.39, 0.29) is 18.9 Å². The van der Waals surface area contributed by atoms with E-state index < -0.39 is 0 Å². The average molecular weight is 204 g/mol. The quantitative estimate of drug-likeness (QED) is 0.392. The fourth-order valence-corrected chi connectivity index (χ4v) is 1.89. The Labute approximate surface area is 107 Å². The summed E-state index contributed by atoms with van der Waals surface area (Å²) >= 11 is 1.76. The third kappa shape index (κ3) is 4.06. The van der Waals surface area contributed by atoms with E-state index >= 15 is 0 Å². The van der Waals surface area contributed by atoms with Crippen LogP contribution in [0.15, 0.2) is 58.9 Å². The molecular weight excluding hydrogens is 195 g/mol. The van der Waals surface area contributed by atoms with Gasteiger partial charge in [-0.25, -0.2) is 0 Å². The zero-order chi connectivity index (χ0) is 9.64. The molecule has 0 bridgehead atoms. The van der Waals surface area contributed by atoms with Gasteiger partial charge in [-0.1, -0.05) is 17.5 Å². The van der Waals surface area contributed by atoms with Crippen LogP contribution in [0.3, 0.4) is 0 Å². The van der Waals surface area contributed by atoms with E-state index in [0.29, 0.717) is 0 Å². The SMILES string of the molecule is C1=C=C(SCc2[c-]cccc2)C=CC=1.[Li+]. The summed E-state index contributed by atoms with van der Waals surface area (Å²) in [6.45, 7) is 0. The van der Waals surface area contributed by atoms with Crippen LogP contribution in [0.5, 0.6) is 0 Å². The molecule has 1 aromatic carbocycles. The van der Waals surface area contributed by atoms with Crippen LogP contribution in [0.2, 0.25) is 0 Å².